The van der Waals surface area contributed by atoms with Crippen LogP contribution < -0.4 is 20.1 Å². The molecule has 2 aromatic carbocycles. The third-order valence-electron chi connectivity index (χ3n) is 3.76. The van der Waals surface area contributed by atoms with Gasteiger partial charge in [-0.3, -0.25) is 4.99 Å². The minimum Gasteiger partial charge on any atom is -0.493 e. The number of rotatable bonds is 7. The fourth-order valence-corrected chi connectivity index (χ4v) is 3.01. The van der Waals surface area contributed by atoms with Crippen molar-refractivity contribution in [2.24, 2.45) is 4.99 Å². The van der Waals surface area contributed by atoms with Crippen molar-refractivity contribution in [2.75, 3.05) is 32.3 Å². The van der Waals surface area contributed by atoms with Gasteiger partial charge in [-0.05, 0) is 36.8 Å². The summed E-state index contributed by atoms with van der Waals surface area (Å²) in [5.74, 6) is 1.89. The lowest BCUT2D eigenvalue weighted by Crippen LogP contribution is -2.30. The van der Waals surface area contributed by atoms with Crippen molar-refractivity contribution in [1.29, 1.82) is 0 Å². The highest BCUT2D eigenvalue weighted by atomic mass is 127. The van der Waals surface area contributed by atoms with E-state index in [1.165, 1.54) is 6.26 Å². The summed E-state index contributed by atoms with van der Waals surface area (Å²) in [6.45, 7) is 2.97. The average molecular weight is 519 g/mol. The van der Waals surface area contributed by atoms with E-state index in [0.717, 1.165) is 11.3 Å². The first-order valence-electron chi connectivity index (χ1n) is 8.45. The van der Waals surface area contributed by atoms with Gasteiger partial charge in [-0.25, -0.2) is 8.42 Å². The molecule has 0 heterocycles. The Hall–Kier alpha value is -2.01. The topological polar surface area (TPSA) is 89.0 Å². The number of ether oxygens (including phenoxy) is 2. The van der Waals surface area contributed by atoms with E-state index in [-0.39, 0.29) is 24.0 Å². The van der Waals surface area contributed by atoms with Crippen LogP contribution in [-0.4, -0.2) is 41.4 Å². The number of hydrogen-bond acceptors (Lipinski definition) is 5. The van der Waals surface area contributed by atoms with Crippen molar-refractivity contribution in [3.8, 4) is 11.5 Å². The van der Waals surface area contributed by atoms with Gasteiger partial charge in [0.1, 0.15) is 0 Å². The summed E-state index contributed by atoms with van der Waals surface area (Å²) in [5, 5.41) is 6.37. The molecule has 7 nitrogen and oxygen atoms in total. The molecule has 0 amide bonds. The molecular formula is C19H26IN3O4S. The molecule has 154 valence electrons. The highest BCUT2D eigenvalue weighted by Crippen LogP contribution is 2.30. The summed E-state index contributed by atoms with van der Waals surface area (Å²) in [5.41, 5.74) is 1.74. The predicted molar refractivity (Wildman–Crippen MR) is 123 cm³/mol. The monoisotopic (exact) mass is 519 g/mol. The van der Waals surface area contributed by atoms with Gasteiger partial charge in [0.25, 0.3) is 0 Å². The third kappa shape index (κ3) is 6.86. The summed E-state index contributed by atoms with van der Waals surface area (Å²) >= 11 is 0. The van der Waals surface area contributed by atoms with Gasteiger partial charge in [-0.2, -0.15) is 0 Å². The Morgan fingerprint density at radius 3 is 2.32 bits per heavy atom. The number of nitrogens with zero attached hydrogens (tertiary/aromatic N) is 1. The maximum atomic E-state index is 11.5. The first-order chi connectivity index (χ1) is 12.9. The normalized spacial score (nSPS) is 11.4. The molecule has 28 heavy (non-hydrogen) atoms. The Morgan fingerprint density at radius 1 is 1.11 bits per heavy atom. The molecular weight excluding hydrogens is 493 g/mol. The SMILES string of the molecule is CCOc1ccc(NC(=NC)NCc2ccc(S(C)(=O)=O)cc2)cc1OC.I. The predicted octanol–water partition coefficient (Wildman–Crippen LogP) is 3.30. The van der Waals surface area contributed by atoms with Crippen LogP contribution in [0.25, 0.3) is 0 Å². The van der Waals surface area contributed by atoms with Gasteiger partial charge in [-0.15, -0.1) is 24.0 Å². The van der Waals surface area contributed by atoms with Crippen LogP contribution in [-0.2, 0) is 16.4 Å². The van der Waals surface area contributed by atoms with E-state index in [2.05, 4.69) is 15.6 Å². The molecule has 2 N–H and O–H groups in total. The second-order valence-corrected chi connectivity index (χ2v) is 7.78. The largest absolute Gasteiger partial charge is 0.493 e. The molecule has 0 aliphatic carbocycles. The molecule has 0 saturated heterocycles. The van der Waals surface area contributed by atoms with E-state index >= 15 is 0 Å². The van der Waals surface area contributed by atoms with E-state index in [4.69, 9.17) is 9.47 Å². The second kappa shape index (κ2) is 11.1. The standard InChI is InChI=1S/C19H25N3O4S.HI/c1-5-26-17-11-8-15(12-18(17)25-3)22-19(20-2)21-13-14-6-9-16(10-7-14)27(4,23)24;/h6-12H,5,13H2,1-4H3,(H2,20,21,22);1H. The van der Waals surface area contributed by atoms with E-state index in [1.807, 2.05) is 25.1 Å². The summed E-state index contributed by atoms with van der Waals surface area (Å²) in [4.78, 5) is 4.50. The van der Waals surface area contributed by atoms with E-state index in [0.29, 0.717) is 35.5 Å². The Balaban J connectivity index is 0.00000392. The molecule has 0 unspecified atom stereocenters. The van der Waals surface area contributed by atoms with E-state index < -0.39 is 9.84 Å². The van der Waals surface area contributed by atoms with Crippen LogP contribution in [0.2, 0.25) is 0 Å². The summed E-state index contributed by atoms with van der Waals surface area (Å²) < 4.78 is 33.9. The highest BCUT2D eigenvalue weighted by Gasteiger charge is 2.08. The first-order valence-corrected chi connectivity index (χ1v) is 10.3. The molecule has 0 bridgehead atoms. The lowest BCUT2D eigenvalue weighted by Gasteiger charge is -2.14. The van der Waals surface area contributed by atoms with Crippen LogP contribution >= 0.6 is 24.0 Å². The van der Waals surface area contributed by atoms with Crippen molar-refractivity contribution >= 4 is 45.5 Å². The van der Waals surface area contributed by atoms with Crippen LogP contribution in [0.5, 0.6) is 11.5 Å². The molecule has 0 radical (unpaired) electrons. The zero-order chi connectivity index (χ0) is 19.9. The molecule has 0 aliphatic rings. The Morgan fingerprint density at radius 2 is 1.79 bits per heavy atom. The number of methoxy groups -OCH3 is 1. The fourth-order valence-electron chi connectivity index (χ4n) is 2.38. The summed E-state index contributed by atoms with van der Waals surface area (Å²) in [6, 6.07) is 12.3. The Bertz CT molecular complexity index is 900. The van der Waals surface area contributed by atoms with Crippen molar-refractivity contribution in [3.63, 3.8) is 0 Å². The molecule has 2 aromatic rings. The molecule has 0 aliphatic heterocycles. The van der Waals surface area contributed by atoms with Gasteiger partial charge in [0, 0.05) is 31.6 Å². The van der Waals surface area contributed by atoms with E-state index in [9.17, 15) is 8.42 Å². The Labute approximate surface area is 183 Å². The van der Waals surface area contributed by atoms with Crippen LogP contribution in [0.1, 0.15) is 12.5 Å². The average Bonchev–Trinajstić information content (AvgIpc) is 2.66. The number of hydrogen-bond donors (Lipinski definition) is 2. The van der Waals surface area contributed by atoms with Crippen LogP contribution in [0.4, 0.5) is 5.69 Å². The zero-order valence-electron chi connectivity index (χ0n) is 16.4. The summed E-state index contributed by atoms with van der Waals surface area (Å²) in [7, 11) is 0.0774. The van der Waals surface area contributed by atoms with Crippen molar-refractivity contribution < 1.29 is 17.9 Å². The number of halogens is 1. The lowest BCUT2D eigenvalue weighted by molar-refractivity contribution is 0.311. The molecule has 0 aromatic heterocycles. The number of guanidine groups is 1. The maximum Gasteiger partial charge on any atom is 0.195 e. The van der Waals surface area contributed by atoms with Gasteiger partial charge in [0.05, 0.1) is 18.6 Å². The quantitative estimate of drug-likeness (QED) is 0.332. The molecule has 9 heteroatoms. The molecule has 0 fully saturated rings. The first kappa shape index (κ1) is 24.0. The number of aliphatic imine (C=N–C) groups is 1. The fraction of sp³-hybridized carbons (Fsp3) is 0.316. The molecule has 0 saturated carbocycles. The molecule has 0 atom stereocenters. The van der Waals surface area contributed by atoms with Crippen molar-refractivity contribution in [2.45, 2.75) is 18.4 Å². The van der Waals surface area contributed by atoms with Gasteiger partial charge in [0.2, 0.25) is 0 Å². The second-order valence-electron chi connectivity index (χ2n) is 5.77. The van der Waals surface area contributed by atoms with Crippen LogP contribution in [0.3, 0.4) is 0 Å². The maximum absolute atomic E-state index is 11.5. The number of anilines is 1. The third-order valence-corrected chi connectivity index (χ3v) is 4.89. The Kier molecular flexibility index (Phi) is 9.53. The molecule has 2 rings (SSSR count). The van der Waals surface area contributed by atoms with Crippen LogP contribution in [0, 0.1) is 0 Å². The minimum atomic E-state index is -3.19. The summed E-state index contributed by atoms with van der Waals surface area (Å²) in [6.07, 6.45) is 1.19. The van der Waals surface area contributed by atoms with Gasteiger partial charge >= 0.3 is 0 Å². The highest BCUT2D eigenvalue weighted by molar-refractivity contribution is 14.0. The number of sulfone groups is 1. The number of nitrogens with one attached hydrogen (secondary N) is 2. The molecule has 0 spiro atoms. The van der Waals surface area contributed by atoms with Crippen LogP contribution in [0.15, 0.2) is 52.4 Å². The number of benzene rings is 2. The zero-order valence-corrected chi connectivity index (χ0v) is 19.5. The van der Waals surface area contributed by atoms with Gasteiger partial charge < -0.3 is 20.1 Å². The van der Waals surface area contributed by atoms with Gasteiger partial charge in [0.15, 0.2) is 27.3 Å². The van der Waals surface area contributed by atoms with E-state index in [1.54, 1.807) is 38.4 Å². The van der Waals surface area contributed by atoms with Crippen molar-refractivity contribution in [3.05, 3.63) is 48.0 Å². The lowest BCUT2D eigenvalue weighted by atomic mass is 10.2. The minimum absolute atomic E-state index is 0. The van der Waals surface area contributed by atoms with Gasteiger partial charge in [-0.1, -0.05) is 12.1 Å². The van der Waals surface area contributed by atoms with Crippen molar-refractivity contribution in [1.82, 2.24) is 5.32 Å². The smallest absolute Gasteiger partial charge is 0.195 e.